The summed E-state index contributed by atoms with van der Waals surface area (Å²) in [6, 6.07) is -0.598. The molecule has 2 aliphatic rings. The molecular formula is C18H27N3Na2O17P2. The quantitative estimate of drug-likeness (QED) is 0.0944. The molecule has 1 aromatic heterocycles. The molecule has 2 unspecified atom stereocenters. The second-order valence-corrected chi connectivity index (χ2v) is 11.5. The molecule has 2 aliphatic heterocycles. The number of aliphatic hydroxyl groups excluding tert-OH is 4. The van der Waals surface area contributed by atoms with Gasteiger partial charge in [0.1, 0.15) is 42.7 Å². The second kappa shape index (κ2) is 16.6. The van der Waals surface area contributed by atoms with E-state index >= 15 is 0 Å². The summed E-state index contributed by atoms with van der Waals surface area (Å²) >= 11 is 0. The monoisotopic (exact) mass is 665 g/mol. The van der Waals surface area contributed by atoms with Crippen molar-refractivity contribution in [3.8, 4) is 0 Å². The minimum Gasteiger partial charge on any atom is -0.756 e. The van der Waals surface area contributed by atoms with E-state index in [-0.39, 0.29) is 59.1 Å². The van der Waals surface area contributed by atoms with Crippen LogP contribution in [-0.4, -0.2) is 105 Å². The Morgan fingerprint density at radius 1 is 1.10 bits per heavy atom. The first-order valence-electron chi connectivity index (χ1n) is 11.3. The Labute approximate surface area is 281 Å². The maximum absolute atomic E-state index is 12.4. The van der Waals surface area contributed by atoms with Crippen molar-refractivity contribution in [3.05, 3.63) is 33.1 Å². The average molecular weight is 665 g/mol. The van der Waals surface area contributed by atoms with E-state index < -0.39 is 101 Å². The molecule has 0 aromatic carbocycles. The van der Waals surface area contributed by atoms with E-state index in [1.54, 1.807) is 0 Å². The average Bonchev–Trinajstić information content (AvgIpc) is 3.12. The van der Waals surface area contributed by atoms with E-state index in [4.69, 9.17) is 14.2 Å². The fourth-order valence-corrected chi connectivity index (χ4v) is 6.10. The Balaban J connectivity index is 0.00000441. The van der Waals surface area contributed by atoms with E-state index in [0.29, 0.717) is 4.57 Å². The number of carbonyl (C=O) groups is 1. The number of aromatic amines is 1. The first-order chi connectivity index (χ1) is 18.6. The topological polar surface area (TPSA) is 301 Å². The zero-order chi connectivity index (χ0) is 30.0. The number of rotatable bonds is 11. The minimum atomic E-state index is -5.89. The molecule has 24 heteroatoms. The molecule has 1 amide bonds. The van der Waals surface area contributed by atoms with Crippen LogP contribution in [0, 0.1) is 0 Å². The summed E-state index contributed by atoms with van der Waals surface area (Å²) in [5, 5.41) is 42.3. The van der Waals surface area contributed by atoms with Crippen LogP contribution in [0.2, 0.25) is 0 Å². The van der Waals surface area contributed by atoms with Gasteiger partial charge in [-0.1, -0.05) is 0 Å². The van der Waals surface area contributed by atoms with Crippen LogP contribution in [0.25, 0.3) is 0 Å². The van der Waals surface area contributed by atoms with Gasteiger partial charge >= 0.3 is 64.8 Å². The fourth-order valence-electron chi connectivity index (χ4n) is 4.01. The Hall–Kier alpha value is 0.130. The number of aliphatic hydroxyl groups is 4. The van der Waals surface area contributed by atoms with Gasteiger partial charge in [0.15, 0.2) is 12.5 Å². The van der Waals surface area contributed by atoms with E-state index in [1.165, 1.54) is 0 Å². The van der Waals surface area contributed by atoms with Crippen LogP contribution in [-0.2, 0) is 41.5 Å². The Morgan fingerprint density at radius 2 is 1.74 bits per heavy atom. The molecule has 42 heavy (non-hydrogen) atoms. The number of nitrogens with one attached hydrogen (secondary N) is 2. The summed E-state index contributed by atoms with van der Waals surface area (Å²) in [6.07, 6.45) is -12.3. The fraction of sp³-hybridized carbons (Fsp3) is 0.722. The van der Waals surface area contributed by atoms with E-state index in [1.807, 2.05) is 4.98 Å². The molecule has 3 rings (SSSR count). The van der Waals surface area contributed by atoms with Crippen molar-refractivity contribution < 1.29 is 131 Å². The number of H-pyrrole nitrogens is 1. The number of hydrogen-bond donors (Lipinski definition) is 6. The molecular weight excluding hydrogens is 638 g/mol. The second-order valence-electron chi connectivity index (χ2n) is 8.58. The van der Waals surface area contributed by atoms with Crippen molar-refractivity contribution >= 4 is 21.6 Å². The van der Waals surface area contributed by atoms with Gasteiger partial charge in [0.05, 0.1) is 13.2 Å². The Bertz CT molecular complexity index is 1270. The molecule has 0 radical (unpaired) electrons. The molecule has 0 bridgehead atoms. The standard InChI is InChI=1S/C18H29N3O17P2.2Na/c1-7(23)19-11-15(33-2)13(26)8(5-22)36-17(11)37-40(31,32)38-39(29,30)34-6-9-12(25)14(27)16(35-9)21-4-3-10(24)20-18(21)28;;/h3-4,8-9,11-17,22,25-27H,5-6H2,1-2H3,(H,19,23)(H,29,30)(H,31,32)(H,20,24,28);;/q;2*+1/p-2/t8-,9-,11-,12-,13-,14-,15-,16-,17-;;/m1../s1. The SMILES string of the molecule is CO[C@H]1[C@H](O)[C@@H](CO)O[C@H](OP(=O)([O-])OP(=O)([O-])OC[C@H]2O[C@@H](n3ccc(=O)[nH]c3=O)[C@H](O)[C@@H]2O)[C@@H]1NC(C)=O.[Na+].[Na+]. The molecule has 0 saturated carbocycles. The molecule has 2 saturated heterocycles. The van der Waals surface area contributed by atoms with Crippen molar-refractivity contribution in [2.24, 2.45) is 0 Å². The largest absolute Gasteiger partial charge is 1.00 e. The summed E-state index contributed by atoms with van der Waals surface area (Å²) in [6.45, 7) is -0.912. The normalized spacial score (nSPS) is 33.9. The van der Waals surface area contributed by atoms with Crippen LogP contribution in [0.15, 0.2) is 21.9 Å². The Morgan fingerprint density at radius 3 is 2.29 bits per heavy atom. The number of aromatic nitrogens is 2. The van der Waals surface area contributed by atoms with Crippen molar-refractivity contribution in [1.29, 1.82) is 0 Å². The van der Waals surface area contributed by atoms with Gasteiger partial charge in [0, 0.05) is 26.3 Å². The number of ether oxygens (including phenoxy) is 3. The number of carbonyl (C=O) groups excluding carboxylic acids is 1. The van der Waals surface area contributed by atoms with Crippen LogP contribution in [0.5, 0.6) is 0 Å². The molecule has 20 nitrogen and oxygen atoms in total. The van der Waals surface area contributed by atoms with Crippen molar-refractivity contribution in [2.75, 3.05) is 20.3 Å². The van der Waals surface area contributed by atoms with Gasteiger partial charge in [-0.15, -0.1) is 0 Å². The maximum Gasteiger partial charge on any atom is 1.00 e. The predicted molar refractivity (Wildman–Crippen MR) is 121 cm³/mol. The number of amides is 1. The summed E-state index contributed by atoms with van der Waals surface area (Å²) in [5.74, 6) is -0.738. The number of phosphoric acid groups is 2. The third-order valence-electron chi connectivity index (χ3n) is 5.79. The van der Waals surface area contributed by atoms with Gasteiger partial charge in [-0.2, -0.15) is 0 Å². The number of methoxy groups -OCH3 is 1. The molecule has 228 valence electrons. The van der Waals surface area contributed by atoms with Gasteiger partial charge in [-0.3, -0.25) is 32.8 Å². The third-order valence-corrected chi connectivity index (χ3v) is 8.32. The molecule has 6 N–H and O–H groups in total. The third kappa shape index (κ3) is 10.1. The van der Waals surface area contributed by atoms with Crippen molar-refractivity contribution in [3.63, 3.8) is 0 Å². The van der Waals surface area contributed by atoms with Crippen LogP contribution in [0.3, 0.4) is 0 Å². The minimum absolute atomic E-state index is 0. The summed E-state index contributed by atoms with van der Waals surface area (Å²) in [7, 11) is -10.6. The van der Waals surface area contributed by atoms with Crippen LogP contribution < -0.4 is 85.5 Å². The first kappa shape index (κ1) is 40.2. The molecule has 2 fully saturated rings. The molecule has 11 atom stereocenters. The Kier molecular flexibility index (Phi) is 15.9. The summed E-state index contributed by atoms with van der Waals surface area (Å²) in [5.41, 5.74) is -1.77. The summed E-state index contributed by atoms with van der Waals surface area (Å²) in [4.78, 5) is 61.3. The van der Waals surface area contributed by atoms with E-state index in [0.717, 1.165) is 26.3 Å². The number of nitrogens with zero attached hydrogens (tertiary/aromatic N) is 1. The molecule has 0 aliphatic carbocycles. The first-order valence-corrected chi connectivity index (χ1v) is 14.2. The molecule has 1 aromatic rings. The zero-order valence-corrected chi connectivity index (χ0v) is 28.5. The van der Waals surface area contributed by atoms with Gasteiger partial charge < -0.3 is 54.3 Å². The zero-order valence-electron chi connectivity index (χ0n) is 22.7. The van der Waals surface area contributed by atoms with Gasteiger partial charge in [-0.05, 0) is 0 Å². The van der Waals surface area contributed by atoms with Crippen molar-refractivity contribution in [2.45, 2.75) is 62.1 Å². The van der Waals surface area contributed by atoms with Gasteiger partial charge in [0.25, 0.3) is 21.2 Å². The van der Waals surface area contributed by atoms with Crippen LogP contribution in [0.4, 0.5) is 0 Å². The van der Waals surface area contributed by atoms with E-state index in [9.17, 15) is 53.7 Å². The summed E-state index contributed by atoms with van der Waals surface area (Å²) < 4.78 is 53.9. The van der Waals surface area contributed by atoms with Crippen LogP contribution in [0.1, 0.15) is 13.2 Å². The van der Waals surface area contributed by atoms with E-state index in [2.05, 4.69) is 18.7 Å². The number of hydrogen-bond acceptors (Lipinski definition) is 17. The predicted octanol–water partition coefficient (Wildman–Crippen LogP) is -11.3. The molecule has 3 heterocycles. The maximum atomic E-state index is 12.4. The van der Waals surface area contributed by atoms with Crippen LogP contribution >= 0.6 is 15.6 Å². The molecule has 0 spiro atoms. The number of phosphoric ester groups is 2. The van der Waals surface area contributed by atoms with Gasteiger partial charge in [-0.25, -0.2) is 9.11 Å². The van der Waals surface area contributed by atoms with Gasteiger partial charge in [0.2, 0.25) is 5.91 Å². The smallest absolute Gasteiger partial charge is 0.756 e. The van der Waals surface area contributed by atoms with Crippen molar-refractivity contribution in [1.82, 2.24) is 14.9 Å².